The van der Waals surface area contributed by atoms with E-state index >= 15 is 0 Å². The van der Waals surface area contributed by atoms with Crippen molar-refractivity contribution in [3.63, 3.8) is 0 Å². The van der Waals surface area contributed by atoms with Crippen LogP contribution < -0.4 is 10.1 Å². The molecule has 1 N–H and O–H groups in total. The van der Waals surface area contributed by atoms with Gasteiger partial charge in [-0.3, -0.25) is 4.79 Å². The van der Waals surface area contributed by atoms with Crippen molar-refractivity contribution in [1.82, 2.24) is 0 Å². The zero-order chi connectivity index (χ0) is 20.6. The van der Waals surface area contributed by atoms with Gasteiger partial charge in [0.15, 0.2) is 0 Å². The van der Waals surface area contributed by atoms with E-state index < -0.39 is 6.43 Å². The van der Waals surface area contributed by atoms with E-state index in [1.165, 1.54) is 12.1 Å². The third kappa shape index (κ3) is 3.97. The summed E-state index contributed by atoms with van der Waals surface area (Å²) in [4.78, 5) is 12.7. The zero-order valence-corrected chi connectivity index (χ0v) is 17.0. The third-order valence-corrected chi connectivity index (χ3v) is 6.80. The predicted molar refractivity (Wildman–Crippen MR) is 110 cm³/mol. The van der Waals surface area contributed by atoms with E-state index in [1.807, 2.05) is 6.92 Å². The van der Waals surface area contributed by atoms with Gasteiger partial charge in [-0.1, -0.05) is 30.7 Å². The van der Waals surface area contributed by atoms with Crippen molar-refractivity contribution in [2.75, 3.05) is 11.9 Å². The number of nitrogens with one attached hydrogen (secondary N) is 1. The lowest BCUT2D eigenvalue weighted by Crippen LogP contribution is -2.37. The Balaban J connectivity index is 1.40. The average Bonchev–Trinajstić information content (AvgIpc) is 3.07. The fourth-order valence-corrected chi connectivity index (χ4v) is 4.76. The van der Waals surface area contributed by atoms with Crippen molar-refractivity contribution in [1.29, 1.82) is 0 Å². The van der Waals surface area contributed by atoms with E-state index in [9.17, 15) is 13.6 Å². The minimum absolute atomic E-state index is 0.00183. The molecule has 2 aliphatic rings. The van der Waals surface area contributed by atoms with Crippen LogP contribution in [0.1, 0.15) is 50.2 Å². The van der Waals surface area contributed by atoms with Gasteiger partial charge in [-0.15, -0.1) is 0 Å². The molecule has 2 aromatic carbocycles. The lowest BCUT2D eigenvalue weighted by Gasteiger charge is -2.38. The summed E-state index contributed by atoms with van der Waals surface area (Å²) in [6, 6.07) is 11.9. The van der Waals surface area contributed by atoms with E-state index in [2.05, 4.69) is 5.32 Å². The quantitative estimate of drug-likeness (QED) is 0.625. The number of hydrogen-bond donors (Lipinski definition) is 1. The number of anilines is 1. The maximum Gasteiger partial charge on any atom is 0.263 e. The topological polar surface area (TPSA) is 38.3 Å². The van der Waals surface area contributed by atoms with E-state index in [0.29, 0.717) is 17.4 Å². The first-order valence-electron chi connectivity index (χ1n) is 10.00. The Hall–Kier alpha value is -2.14. The smallest absolute Gasteiger partial charge is 0.263 e. The van der Waals surface area contributed by atoms with Crippen LogP contribution in [0.25, 0.3) is 0 Å². The van der Waals surface area contributed by atoms with Crippen molar-refractivity contribution in [2.45, 2.75) is 44.4 Å². The standard InChI is InChI=1S/C23H24ClF2NO2/c1-14(22(28)27-18-5-3-17(24)4-6-18)15-8-10-23(11-9-15)13-29-20-12-16(21(25)26)2-7-19(20)23/h2-7,12,14-15,21H,8-11,13H2,1H3,(H,27,28)/t14-,15-,23+/m1/s1. The lowest BCUT2D eigenvalue weighted by molar-refractivity contribution is -0.121. The number of rotatable bonds is 4. The largest absolute Gasteiger partial charge is 0.492 e. The first-order chi connectivity index (χ1) is 13.9. The van der Waals surface area contributed by atoms with Crippen LogP contribution in [0, 0.1) is 11.8 Å². The summed E-state index contributed by atoms with van der Waals surface area (Å²) in [6.07, 6.45) is 1.13. The van der Waals surface area contributed by atoms with Crippen LogP contribution in [0.3, 0.4) is 0 Å². The fraction of sp³-hybridized carbons (Fsp3) is 0.435. The minimum Gasteiger partial charge on any atom is -0.492 e. The van der Waals surface area contributed by atoms with Crippen LogP contribution in [0.15, 0.2) is 42.5 Å². The first kappa shape index (κ1) is 20.1. The van der Waals surface area contributed by atoms with Gasteiger partial charge in [-0.25, -0.2) is 8.78 Å². The summed E-state index contributed by atoms with van der Waals surface area (Å²) in [5, 5.41) is 3.60. The monoisotopic (exact) mass is 419 g/mol. The summed E-state index contributed by atoms with van der Waals surface area (Å²) in [6.45, 7) is 2.51. The second kappa shape index (κ2) is 7.94. The number of fused-ring (bicyclic) bond motifs is 2. The summed E-state index contributed by atoms with van der Waals surface area (Å²) in [5.74, 6) is 0.788. The molecule has 1 atom stereocenters. The highest BCUT2D eigenvalue weighted by Crippen LogP contribution is 2.50. The molecule has 1 fully saturated rings. The molecular weight excluding hydrogens is 396 g/mol. The van der Waals surface area contributed by atoms with Gasteiger partial charge < -0.3 is 10.1 Å². The number of benzene rings is 2. The molecule has 0 aromatic heterocycles. The Morgan fingerprint density at radius 3 is 2.52 bits per heavy atom. The highest BCUT2D eigenvalue weighted by molar-refractivity contribution is 6.30. The maximum atomic E-state index is 13.0. The second-order valence-electron chi connectivity index (χ2n) is 8.25. The summed E-state index contributed by atoms with van der Waals surface area (Å²) < 4.78 is 31.7. The maximum absolute atomic E-state index is 13.0. The number of amides is 1. The molecule has 0 radical (unpaired) electrons. The van der Waals surface area contributed by atoms with Crippen LogP contribution in [-0.2, 0) is 10.2 Å². The molecular formula is C23H24ClF2NO2. The van der Waals surface area contributed by atoms with Gasteiger partial charge in [0, 0.05) is 33.2 Å². The summed E-state index contributed by atoms with van der Waals surface area (Å²) in [7, 11) is 0. The minimum atomic E-state index is -2.49. The van der Waals surface area contributed by atoms with E-state index in [0.717, 1.165) is 36.9 Å². The van der Waals surface area contributed by atoms with Gasteiger partial charge in [0.1, 0.15) is 5.75 Å². The van der Waals surface area contributed by atoms with Gasteiger partial charge >= 0.3 is 0 Å². The Bertz CT molecular complexity index is 892. The van der Waals surface area contributed by atoms with Crippen LogP contribution in [0.2, 0.25) is 5.02 Å². The molecule has 0 bridgehead atoms. The van der Waals surface area contributed by atoms with E-state index in [-0.39, 0.29) is 28.7 Å². The van der Waals surface area contributed by atoms with Gasteiger partial charge in [0.2, 0.25) is 5.91 Å². The Labute approximate surface area is 174 Å². The van der Waals surface area contributed by atoms with Gasteiger partial charge in [0.25, 0.3) is 6.43 Å². The molecule has 0 saturated heterocycles. The Morgan fingerprint density at radius 2 is 1.86 bits per heavy atom. The molecule has 1 aliphatic carbocycles. The van der Waals surface area contributed by atoms with Crippen molar-refractivity contribution in [3.05, 3.63) is 58.6 Å². The van der Waals surface area contributed by atoms with Gasteiger partial charge in [0.05, 0.1) is 6.61 Å². The van der Waals surface area contributed by atoms with Crippen LogP contribution >= 0.6 is 11.6 Å². The van der Waals surface area contributed by atoms with Crippen LogP contribution in [0.5, 0.6) is 5.75 Å². The number of carbonyl (C=O) groups is 1. The van der Waals surface area contributed by atoms with E-state index in [1.54, 1.807) is 30.3 Å². The highest BCUT2D eigenvalue weighted by atomic mass is 35.5. The molecule has 1 spiro atoms. The number of hydrogen-bond acceptors (Lipinski definition) is 2. The van der Waals surface area contributed by atoms with Gasteiger partial charge in [-0.05, 0) is 61.9 Å². The lowest BCUT2D eigenvalue weighted by atomic mass is 9.65. The number of ether oxygens (including phenoxy) is 1. The van der Waals surface area contributed by atoms with E-state index in [4.69, 9.17) is 16.3 Å². The molecule has 154 valence electrons. The Kier molecular flexibility index (Phi) is 5.52. The normalized spacial score (nSPS) is 24.2. The number of alkyl halides is 2. The molecule has 1 amide bonds. The molecule has 1 aliphatic heterocycles. The molecule has 4 rings (SSSR count). The molecule has 29 heavy (non-hydrogen) atoms. The van der Waals surface area contributed by atoms with Crippen molar-refractivity contribution < 1.29 is 18.3 Å². The van der Waals surface area contributed by atoms with Crippen LogP contribution in [-0.4, -0.2) is 12.5 Å². The molecule has 1 saturated carbocycles. The second-order valence-corrected chi connectivity index (χ2v) is 8.68. The fourth-order valence-electron chi connectivity index (χ4n) is 4.64. The van der Waals surface area contributed by atoms with Crippen molar-refractivity contribution in [2.24, 2.45) is 11.8 Å². The van der Waals surface area contributed by atoms with Gasteiger partial charge in [-0.2, -0.15) is 0 Å². The number of carbonyl (C=O) groups excluding carboxylic acids is 1. The molecule has 3 nitrogen and oxygen atoms in total. The van der Waals surface area contributed by atoms with Crippen molar-refractivity contribution >= 4 is 23.2 Å². The average molecular weight is 420 g/mol. The number of halogens is 3. The Morgan fingerprint density at radius 1 is 1.17 bits per heavy atom. The molecule has 2 aromatic rings. The predicted octanol–water partition coefficient (Wildman–Crippen LogP) is 6.37. The molecule has 6 heteroatoms. The third-order valence-electron chi connectivity index (χ3n) is 6.55. The molecule has 0 unspecified atom stereocenters. The summed E-state index contributed by atoms with van der Waals surface area (Å²) in [5.41, 5.74) is 1.67. The highest BCUT2D eigenvalue weighted by Gasteiger charge is 2.45. The molecule has 1 heterocycles. The van der Waals surface area contributed by atoms with Crippen LogP contribution in [0.4, 0.5) is 14.5 Å². The van der Waals surface area contributed by atoms with Crippen molar-refractivity contribution in [3.8, 4) is 5.75 Å². The zero-order valence-electron chi connectivity index (χ0n) is 16.3. The first-order valence-corrected chi connectivity index (χ1v) is 10.4. The SMILES string of the molecule is C[C@@H](C(=O)Nc1ccc(Cl)cc1)[C@H]1CC[C@@]2(CC1)COc1cc(C(F)F)ccc12. The summed E-state index contributed by atoms with van der Waals surface area (Å²) >= 11 is 5.89.